The van der Waals surface area contributed by atoms with Crippen molar-refractivity contribution in [2.75, 3.05) is 11.1 Å². The fourth-order valence-electron chi connectivity index (χ4n) is 2.48. The molecule has 0 aromatic carbocycles. The minimum atomic E-state index is -0.661. The molecule has 0 bridgehead atoms. The van der Waals surface area contributed by atoms with Crippen molar-refractivity contribution in [2.45, 2.75) is 43.9 Å². The van der Waals surface area contributed by atoms with Gasteiger partial charge in [-0.15, -0.1) is 0 Å². The van der Waals surface area contributed by atoms with E-state index in [1.807, 2.05) is 19.2 Å². The lowest BCUT2D eigenvalue weighted by molar-refractivity contribution is 0.465. The topological polar surface area (TPSA) is 42.0 Å². The molecule has 0 aliphatic heterocycles. The van der Waals surface area contributed by atoms with Gasteiger partial charge < -0.3 is 5.32 Å². The van der Waals surface area contributed by atoms with E-state index in [-0.39, 0.29) is 0 Å². The summed E-state index contributed by atoms with van der Waals surface area (Å²) in [6, 6.07) is 2.46. The Kier molecular flexibility index (Phi) is 5.18. The number of nitrogens with zero attached hydrogens (tertiary/aromatic N) is 1. The highest BCUT2D eigenvalue weighted by Crippen LogP contribution is 2.26. The van der Waals surface area contributed by atoms with E-state index in [0.29, 0.717) is 11.3 Å². The summed E-state index contributed by atoms with van der Waals surface area (Å²) in [7, 11) is -0.661. The fourth-order valence-corrected chi connectivity index (χ4v) is 4.19. The number of hydrogen-bond donors (Lipinski definition) is 1. The lowest BCUT2D eigenvalue weighted by Gasteiger charge is -2.29. The molecular formula is C13H19BrN2OS. The van der Waals surface area contributed by atoms with E-state index in [0.717, 1.165) is 41.6 Å². The average Bonchev–Trinajstić information content (AvgIpc) is 2.38. The predicted molar refractivity (Wildman–Crippen MR) is 80.3 cm³/mol. The van der Waals surface area contributed by atoms with E-state index in [2.05, 4.69) is 26.2 Å². The maximum atomic E-state index is 11.9. The highest BCUT2D eigenvalue weighted by molar-refractivity contribution is 9.10. The van der Waals surface area contributed by atoms with Crippen molar-refractivity contribution in [1.82, 2.24) is 4.98 Å². The van der Waals surface area contributed by atoms with Gasteiger partial charge in [0.1, 0.15) is 0 Å². The molecular weight excluding hydrogens is 312 g/mol. The molecule has 0 spiro atoms. The van der Waals surface area contributed by atoms with Crippen molar-refractivity contribution >= 4 is 32.4 Å². The van der Waals surface area contributed by atoms with Crippen LogP contribution in [0.5, 0.6) is 0 Å². The highest BCUT2D eigenvalue weighted by Gasteiger charge is 2.25. The van der Waals surface area contributed by atoms with Gasteiger partial charge in [-0.1, -0.05) is 13.3 Å². The lowest BCUT2D eigenvalue weighted by Crippen LogP contribution is -2.33. The number of anilines is 1. The average molecular weight is 331 g/mol. The first-order chi connectivity index (χ1) is 8.69. The molecule has 0 radical (unpaired) electrons. The normalized spacial score (nSPS) is 25.7. The second-order valence-electron chi connectivity index (χ2n) is 4.69. The Balaban J connectivity index is 1.95. The number of nitrogens with one attached hydrogen (secondary N) is 1. The summed E-state index contributed by atoms with van der Waals surface area (Å²) < 4.78 is 12.9. The van der Waals surface area contributed by atoms with E-state index in [9.17, 15) is 4.21 Å². The Morgan fingerprint density at radius 1 is 1.50 bits per heavy atom. The monoisotopic (exact) mass is 330 g/mol. The van der Waals surface area contributed by atoms with Crippen LogP contribution in [0.15, 0.2) is 22.9 Å². The Hall–Kier alpha value is -0.420. The molecule has 2 rings (SSSR count). The van der Waals surface area contributed by atoms with Gasteiger partial charge in [-0.2, -0.15) is 0 Å². The van der Waals surface area contributed by atoms with Gasteiger partial charge in [-0.25, -0.2) is 0 Å². The number of aromatic nitrogens is 1. The first-order valence-corrected chi connectivity index (χ1v) is 8.60. The molecule has 3 atom stereocenters. The molecule has 3 nitrogen and oxygen atoms in total. The van der Waals surface area contributed by atoms with Crippen molar-refractivity contribution in [1.29, 1.82) is 0 Å². The van der Waals surface area contributed by atoms with Crippen LogP contribution in [0.2, 0.25) is 0 Å². The van der Waals surface area contributed by atoms with Crippen LogP contribution in [0.25, 0.3) is 0 Å². The second kappa shape index (κ2) is 6.66. The molecule has 1 heterocycles. The quantitative estimate of drug-likeness (QED) is 0.920. The molecule has 1 aromatic heterocycles. The summed E-state index contributed by atoms with van der Waals surface area (Å²) in [4.78, 5) is 4.15. The van der Waals surface area contributed by atoms with E-state index in [1.165, 1.54) is 0 Å². The number of hydrogen-bond acceptors (Lipinski definition) is 3. The van der Waals surface area contributed by atoms with Gasteiger partial charge in [0.15, 0.2) is 0 Å². The van der Waals surface area contributed by atoms with Crippen LogP contribution in [-0.2, 0) is 10.8 Å². The molecule has 1 aliphatic rings. The first-order valence-electron chi connectivity index (χ1n) is 6.43. The van der Waals surface area contributed by atoms with Crippen molar-refractivity contribution in [2.24, 2.45) is 0 Å². The summed E-state index contributed by atoms with van der Waals surface area (Å²) in [5.74, 6) is 0.774. The van der Waals surface area contributed by atoms with Crippen LogP contribution < -0.4 is 5.32 Å². The molecule has 5 heteroatoms. The molecule has 1 saturated carbocycles. The zero-order valence-electron chi connectivity index (χ0n) is 10.6. The van der Waals surface area contributed by atoms with E-state index in [4.69, 9.17) is 0 Å². The molecule has 3 unspecified atom stereocenters. The Morgan fingerprint density at radius 2 is 2.33 bits per heavy atom. The van der Waals surface area contributed by atoms with Gasteiger partial charge in [0.25, 0.3) is 0 Å². The van der Waals surface area contributed by atoms with Crippen LogP contribution in [0.1, 0.15) is 32.6 Å². The summed E-state index contributed by atoms with van der Waals surface area (Å²) in [5.41, 5.74) is 1.04. The molecule has 1 aliphatic carbocycles. The third-order valence-corrected chi connectivity index (χ3v) is 5.53. The number of pyridine rings is 1. The summed E-state index contributed by atoms with van der Waals surface area (Å²) in [6.45, 7) is 2.01. The number of rotatable bonds is 4. The van der Waals surface area contributed by atoms with E-state index < -0.39 is 10.8 Å². The lowest BCUT2D eigenvalue weighted by atomic mass is 9.95. The van der Waals surface area contributed by atoms with Gasteiger partial charge >= 0.3 is 0 Å². The summed E-state index contributed by atoms with van der Waals surface area (Å²) >= 11 is 3.42. The predicted octanol–water partition coefficient (Wildman–Crippen LogP) is 3.34. The molecule has 0 amide bonds. The SMILES string of the molecule is CCS(=O)C1CCCC(Nc2cncc(Br)c2)C1. The summed E-state index contributed by atoms with van der Waals surface area (Å²) in [5, 5.41) is 3.87. The van der Waals surface area contributed by atoms with Crippen molar-refractivity contribution in [3.8, 4) is 0 Å². The van der Waals surface area contributed by atoms with Crippen LogP contribution in [0.3, 0.4) is 0 Å². The van der Waals surface area contributed by atoms with Crippen LogP contribution in [0.4, 0.5) is 5.69 Å². The standard InChI is InChI=1S/C13H19BrN2OS/c1-2-18(17)13-5-3-4-11(7-13)16-12-6-10(14)8-15-9-12/h6,8-9,11,13,16H,2-5,7H2,1H3. The van der Waals surface area contributed by atoms with E-state index >= 15 is 0 Å². The maximum absolute atomic E-state index is 11.9. The minimum absolute atomic E-state index is 0.362. The van der Waals surface area contributed by atoms with Crippen LogP contribution in [0, 0.1) is 0 Å². The van der Waals surface area contributed by atoms with Crippen molar-refractivity contribution in [3.05, 3.63) is 22.9 Å². The van der Waals surface area contributed by atoms with Gasteiger partial charge in [-0.05, 0) is 41.3 Å². The fraction of sp³-hybridized carbons (Fsp3) is 0.615. The third kappa shape index (κ3) is 3.79. The molecule has 100 valence electrons. The van der Waals surface area contributed by atoms with Crippen LogP contribution >= 0.6 is 15.9 Å². The Bertz CT molecular complexity index is 427. The van der Waals surface area contributed by atoms with Gasteiger partial charge in [0.05, 0.1) is 11.9 Å². The zero-order chi connectivity index (χ0) is 13.0. The molecule has 1 aromatic rings. The van der Waals surface area contributed by atoms with Crippen molar-refractivity contribution in [3.63, 3.8) is 0 Å². The Labute approximate surface area is 119 Å². The second-order valence-corrected chi connectivity index (χ2v) is 7.61. The molecule has 18 heavy (non-hydrogen) atoms. The van der Waals surface area contributed by atoms with Crippen LogP contribution in [-0.4, -0.2) is 26.2 Å². The maximum Gasteiger partial charge on any atom is 0.0540 e. The van der Waals surface area contributed by atoms with Gasteiger partial charge in [0.2, 0.25) is 0 Å². The van der Waals surface area contributed by atoms with Gasteiger partial charge in [0, 0.05) is 38.5 Å². The van der Waals surface area contributed by atoms with E-state index in [1.54, 1.807) is 6.20 Å². The molecule has 1 N–H and O–H groups in total. The summed E-state index contributed by atoms with van der Waals surface area (Å²) in [6.07, 6.45) is 8.05. The molecule has 0 saturated heterocycles. The number of halogens is 1. The van der Waals surface area contributed by atoms with Crippen molar-refractivity contribution < 1.29 is 4.21 Å². The van der Waals surface area contributed by atoms with Gasteiger partial charge in [-0.3, -0.25) is 9.19 Å². The minimum Gasteiger partial charge on any atom is -0.381 e. The smallest absolute Gasteiger partial charge is 0.0540 e. The third-order valence-electron chi connectivity index (χ3n) is 3.36. The first kappa shape index (κ1) is 14.0. The Morgan fingerprint density at radius 3 is 3.06 bits per heavy atom. The largest absolute Gasteiger partial charge is 0.381 e. The molecule has 1 fully saturated rings. The highest BCUT2D eigenvalue weighted by atomic mass is 79.9. The zero-order valence-corrected chi connectivity index (χ0v) is 13.0.